The van der Waals surface area contributed by atoms with Crippen LogP contribution in [0.1, 0.15) is 24.8 Å². The Balaban J connectivity index is 1.67. The van der Waals surface area contributed by atoms with Gasteiger partial charge < -0.3 is 15.0 Å². The molecule has 0 aliphatic carbocycles. The standard InChI is InChI=1S/C17H26N2O2/c1-19-10-8-15(9-11-19)13-18-17(20)7-6-14-4-3-5-16(12-14)21-2/h3-5,12,15H,6-11,13H2,1-2H3,(H,18,20). The van der Waals surface area contributed by atoms with Crippen LogP contribution in [0.25, 0.3) is 0 Å². The number of carbonyl (C=O) groups excluding carboxylic acids is 1. The van der Waals surface area contributed by atoms with Gasteiger partial charge in [-0.1, -0.05) is 12.1 Å². The van der Waals surface area contributed by atoms with Crippen molar-refractivity contribution in [1.29, 1.82) is 0 Å². The molecule has 0 unspecified atom stereocenters. The minimum absolute atomic E-state index is 0.150. The molecule has 0 bridgehead atoms. The van der Waals surface area contributed by atoms with Gasteiger partial charge in [0, 0.05) is 13.0 Å². The summed E-state index contributed by atoms with van der Waals surface area (Å²) in [5.74, 6) is 1.64. The fraction of sp³-hybridized carbons (Fsp3) is 0.588. The summed E-state index contributed by atoms with van der Waals surface area (Å²) in [5.41, 5.74) is 1.14. The summed E-state index contributed by atoms with van der Waals surface area (Å²) in [6.07, 6.45) is 3.68. The van der Waals surface area contributed by atoms with Gasteiger partial charge in [-0.05, 0) is 63.0 Å². The van der Waals surface area contributed by atoms with E-state index in [0.717, 1.165) is 37.4 Å². The van der Waals surface area contributed by atoms with E-state index < -0.39 is 0 Å². The SMILES string of the molecule is COc1cccc(CCC(=O)NCC2CCN(C)CC2)c1. The molecule has 4 nitrogen and oxygen atoms in total. The molecule has 1 aromatic rings. The minimum Gasteiger partial charge on any atom is -0.497 e. The summed E-state index contributed by atoms with van der Waals surface area (Å²) in [4.78, 5) is 14.3. The number of rotatable bonds is 6. The van der Waals surface area contributed by atoms with Gasteiger partial charge >= 0.3 is 0 Å². The first kappa shape index (κ1) is 15.8. The van der Waals surface area contributed by atoms with Crippen LogP contribution in [-0.4, -0.2) is 44.6 Å². The maximum atomic E-state index is 11.9. The number of hydrogen-bond acceptors (Lipinski definition) is 3. The largest absolute Gasteiger partial charge is 0.497 e. The molecule has 1 aromatic carbocycles. The molecule has 2 rings (SSSR count). The molecule has 0 atom stereocenters. The minimum atomic E-state index is 0.150. The van der Waals surface area contributed by atoms with Gasteiger partial charge in [0.15, 0.2) is 0 Å². The van der Waals surface area contributed by atoms with Crippen LogP contribution in [0.5, 0.6) is 5.75 Å². The number of aryl methyl sites for hydroxylation is 1. The number of piperidine rings is 1. The number of likely N-dealkylation sites (tertiary alicyclic amines) is 1. The van der Waals surface area contributed by atoms with Crippen molar-refractivity contribution >= 4 is 5.91 Å². The maximum absolute atomic E-state index is 11.9. The van der Waals surface area contributed by atoms with Gasteiger partial charge in [0.25, 0.3) is 0 Å². The molecule has 1 heterocycles. The maximum Gasteiger partial charge on any atom is 0.220 e. The second-order valence-electron chi connectivity index (χ2n) is 5.90. The zero-order valence-electron chi connectivity index (χ0n) is 13.1. The molecule has 1 saturated heterocycles. The Kier molecular flexibility index (Phi) is 6.05. The fourth-order valence-electron chi connectivity index (χ4n) is 2.70. The smallest absolute Gasteiger partial charge is 0.220 e. The molecule has 0 saturated carbocycles. The van der Waals surface area contributed by atoms with Crippen molar-refractivity contribution in [3.63, 3.8) is 0 Å². The second-order valence-corrected chi connectivity index (χ2v) is 5.90. The van der Waals surface area contributed by atoms with Crippen LogP contribution in [0.4, 0.5) is 0 Å². The van der Waals surface area contributed by atoms with E-state index in [1.165, 1.54) is 12.8 Å². The van der Waals surface area contributed by atoms with Gasteiger partial charge in [-0.3, -0.25) is 4.79 Å². The number of hydrogen-bond donors (Lipinski definition) is 1. The van der Waals surface area contributed by atoms with Gasteiger partial charge in [-0.15, -0.1) is 0 Å². The normalized spacial score (nSPS) is 16.7. The van der Waals surface area contributed by atoms with Crippen LogP contribution in [-0.2, 0) is 11.2 Å². The first-order chi connectivity index (χ1) is 10.2. The molecule has 116 valence electrons. The zero-order valence-corrected chi connectivity index (χ0v) is 13.1. The van der Waals surface area contributed by atoms with E-state index in [9.17, 15) is 4.79 Å². The molecular formula is C17H26N2O2. The molecule has 4 heteroatoms. The van der Waals surface area contributed by atoms with Gasteiger partial charge in [-0.25, -0.2) is 0 Å². The van der Waals surface area contributed by atoms with Crippen LogP contribution in [0.15, 0.2) is 24.3 Å². The van der Waals surface area contributed by atoms with Crippen molar-refractivity contribution in [2.24, 2.45) is 5.92 Å². The summed E-state index contributed by atoms with van der Waals surface area (Å²) in [6.45, 7) is 3.11. The number of nitrogens with zero attached hydrogens (tertiary/aromatic N) is 1. The van der Waals surface area contributed by atoms with E-state index in [1.807, 2.05) is 24.3 Å². The lowest BCUT2D eigenvalue weighted by molar-refractivity contribution is -0.121. The first-order valence-electron chi connectivity index (χ1n) is 7.75. The Morgan fingerprint density at radius 1 is 1.38 bits per heavy atom. The summed E-state index contributed by atoms with van der Waals surface area (Å²) < 4.78 is 5.19. The third kappa shape index (κ3) is 5.38. The molecule has 1 amide bonds. The molecular weight excluding hydrogens is 264 g/mol. The fourth-order valence-corrected chi connectivity index (χ4v) is 2.70. The molecule has 0 radical (unpaired) electrons. The summed E-state index contributed by atoms with van der Waals surface area (Å²) in [7, 11) is 3.82. The molecule has 1 fully saturated rings. The highest BCUT2D eigenvalue weighted by molar-refractivity contribution is 5.76. The van der Waals surface area contributed by atoms with Gasteiger partial charge in [-0.2, -0.15) is 0 Å². The number of benzene rings is 1. The number of nitrogens with one attached hydrogen (secondary N) is 1. The van der Waals surface area contributed by atoms with E-state index in [-0.39, 0.29) is 5.91 Å². The summed E-state index contributed by atoms with van der Waals surface area (Å²) >= 11 is 0. The van der Waals surface area contributed by atoms with Gasteiger partial charge in [0.05, 0.1) is 7.11 Å². The van der Waals surface area contributed by atoms with Crippen LogP contribution >= 0.6 is 0 Å². The van der Waals surface area contributed by atoms with E-state index in [1.54, 1.807) is 7.11 Å². The van der Waals surface area contributed by atoms with E-state index >= 15 is 0 Å². The van der Waals surface area contributed by atoms with Crippen molar-refractivity contribution < 1.29 is 9.53 Å². The molecule has 1 aliphatic rings. The Morgan fingerprint density at radius 3 is 2.86 bits per heavy atom. The molecule has 0 aromatic heterocycles. The zero-order chi connectivity index (χ0) is 15.1. The lowest BCUT2D eigenvalue weighted by atomic mass is 9.97. The highest BCUT2D eigenvalue weighted by Gasteiger charge is 2.17. The molecule has 21 heavy (non-hydrogen) atoms. The van der Waals surface area contributed by atoms with Crippen molar-refractivity contribution in [2.75, 3.05) is 33.8 Å². The average Bonchev–Trinajstić information content (AvgIpc) is 2.52. The highest BCUT2D eigenvalue weighted by Crippen LogP contribution is 2.15. The van der Waals surface area contributed by atoms with Crippen LogP contribution in [0.2, 0.25) is 0 Å². The van der Waals surface area contributed by atoms with Crippen molar-refractivity contribution in [3.8, 4) is 5.75 Å². The van der Waals surface area contributed by atoms with E-state index in [2.05, 4.69) is 17.3 Å². The van der Waals surface area contributed by atoms with Crippen LogP contribution in [0.3, 0.4) is 0 Å². The predicted octanol–water partition coefficient (Wildman–Crippen LogP) is 2.09. The number of methoxy groups -OCH3 is 1. The van der Waals surface area contributed by atoms with Crippen molar-refractivity contribution in [2.45, 2.75) is 25.7 Å². The van der Waals surface area contributed by atoms with E-state index in [0.29, 0.717) is 12.3 Å². The van der Waals surface area contributed by atoms with Gasteiger partial charge in [0.1, 0.15) is 5.75 Å². The second kappa shape index (κ2) is 8.03. The Labute approximate surface area is 127 Å². The lowest BCUT2D eigenvalue weighted by Crippen LogP contribution is -2.36. The lowest BCUT2D eigenvalue weighted by Gasteiger charge is -2.28. The highest BCUT2D eigenvalue weighted by atomic mass is 16.5. The monoisotopic (exact) mass is 290 g/mol. The predicted molar refractivity (Wildman–Crippen MR) is 84.5 cm³/mol. The first-order valence-corrected chi connectivity index (χ1v) is 7.75. The van der Waals surface area contributed by atoms with Crippen molar-refractivity contribution in [1.82, 2.24) is 10.2 Å². The van der Waals surface area contributed by atoms with Gasteiger partial charge in [0.2, 0.25) is 5.91 Å². The molecule has 1 aliphatic heterocycles. The number of amides is 1. The third-order valence-electron chi connectivity index (χ3n) is 4.20. The Bertz CT molecular complexity index is 454. The quantitative estimate of drug-likeness (QED) is 0.872. The van der Waals surface area contributed by atoms with Crippen LogP contribution < -0.4 is 10.1 Å². The summed E-state index contributed by atoms with van der Waals surface area (Å²) in [6, 6.07) is 7.91. The number of ether oxygens (including phenoxy) is 1. The van der Waals surface area contributed by atoms with E-state index in [4.69, 9.17) is 4.74 Å². The Morgan fingerprint density at radius 2 is 2.14 bits per heavy atom. The van der Waals surface area contributed by atoms with Crippen molar-refractivity contribution in [3.05, 3.63) is 29.8 Å². The molecule has 1 N–H and O–H groups in total. The average molecular weight is 290 g/mol. The Hall–Kier alpha value is -1.55. The topological polar surface area (TPSA) is 41.6 Å². The summed E-state index contributed by atoms with van der Waals surface area (Å²) in [5, 5.41) is 3.08. The third-order valence-corrected chi connectivity index (χ3v) is 4.20. The number of carbonyl (C=O) groups is 1. The van der Waals surface area contributed by atoms with Crippen LogP contribution in [0, 0.1) is 5.92 Å². The molecule has 0 spiro atoms.